The Labute approximate surface area is 211 Å². The SMILES string of the molecule is CCN1C(=CC=C2CCC(C=Cc3sc4ccccc4[n+]3CC)=C2N(C)C)Sc2ccccc21. The first kappa shape index (κ1) is 23.0. The van der Waals surface area contributed by atoms with Gasteiger partial charge >= 0.3 is 0 Å². The minimum Gasteiger partial charge on any atom is -0.377 e. The van der Waals surface area contributed by atoms with E-state index in [2.05, 4.69) is 115 Å². The predicted molar refractivity (Wildman–Crippen MR) is 148 cm³/mol. The summed E-state index contributed by atoms with van der Waals surface area (Å²) in [6.45, 7) is 6.42. The second kappa shape index (κ2) is 9.85. The van der Waals surface area contributed by atoms with Crippen LogP contribution in [0.5, 0.6) is 0 Å². The summed E-state index contributed by atoms with van der Waals surface area (Å²) in [4.78, 5) is 6.04. The number of allylic oxidation sites excluding steroid dienone is 5. The molecule has 1 aliphatic carbocycles. The van der Waals surface area contributed by atoms with Crippen LogP contribution in [-0.4, -0.2) is 25.5 Å². The van der Waals surface area contributed by atoms with Crippen molar-refractivity contribution in [2.45, 2.75) is 38.1 Å². The van der Waals surface area contributed by atoms with E-state index in [1.54, 1.807) is 0 Å². The van der Waals surface area contributed by atoms with E-state index < -0.39 is 0 Å². The third kappa shape index (κ3) is 4.23. The molecule has 0 radical (unpaired) electrons. The van der Waals surface area contributed by atoms with Crippen molar-refractivity contribution in [3.8, 4) is 0 Å². The van der Waals surface area contributed by atoms with Crippen molar-refractivity contribution < 1.29 is 4.57 Å². The highest BCUT2D eigenvalue weighted by Gasteiger charge is 2.24. The van der Waals surface area contributed by atoms with E-state index in [0.29, 0.717) is 0 Å². The molecule has 3 nitrogen and oxygen atoms in total. The summed E-state index contributed by atoms with van der Waals surface area (Å²) >= 11 is 3.75. The molecule has 0 saturated carbocycles. The van der Waals surface area contributed by atoms with E-state index in [-0.39, 0.29) is 0 Å². The van der Waals surface area contributed by atoms with Crippen molar-refractivity contribution in [2.24, 2.45) is 0 Å². The van der Waals surface area contributed by atoms with Crippen LogP contribution in [-0.2, 0) is 6.54 Å². The molecule has 2 heterocycles. The standard InChI is InChI=1S/C29H32N3S2/c1-5-31-23-11-7-9-13-25(23)33-27(31)19-17-21-15-16-22(29(21)30(3)4)18-20-28-32(6-2)24-12-8-10-14-26(24)34-28/h7-14,17-20H,5-6,15-16H2,1-4H3/q+1. The Bertz CT molecular complexity index is 1340. The Morgan fingerprint density at radius 1 is 0.971 bits per heavy atom. The highest BCUT2D eigenvalue weighted by molar-refractivity contribution is 8.03. The summed E-state index contributed by atoms with van der Waals surface area (Å²) in [5, 5.41) is 2.63. The first-order valence-electron chi connectivity index (χ1n) is 12.1. The van der Waals surface area contributed by atoms with E-state index in [1.165, 1.54) is 47.7 Å². The minimum absolute atomic E-state index is 0.982. The average molecular weight is 487 g/mol. The van der Waals surface area contributed by atoms with Crippen molar-refractivity contribution >= 4 is 45.1 Å². The lowest BCUT2D eigenvalue weighted by molar-refractivity contribution is -0.665. The Morgan fingerprint density at radius 2 is 1.76 bits per heavy atom. The fourth-order valence-electron chi connectivity index (χ4n) is 4.96. The monoisotopic (exact) mass is 486 g/mol. The second-order valence-corrected chi connectivity index (χ2v) is 10.9. The molecule has 2 aromatic carbocycles. The normalized spacial score (nSPS) is 18.3. The summed E-state index contributed by atoms with van der Waals surface area (Å²) in [5.41, 5.74) is 6.85. The number of aromatic nitrogens is 1. The highest BCUT2D eigenvalue weighted by atomic mass is 32.2. The van der Waals surface area contributed by atoms with Gasteiger partial charge in [0, 0.05) is 43.4 Å². The maximum Gasteiger partial charge on any atom is 0.262 e. The maximum absolute atomic E-state index is 2.41. The van der Waals surface area contributed by atoms with E-state index >= 15 is 0 Å². The number of thioether (sulfide) groups is 1. The van der Waals surface area contributed by atoms with Crippen molar-refractivity contribution in [3.63, 3.8) is 0 Å². The smallest absolute Gasteiger partial charge is 0.262 e. The largest absolute Gasteiger partial charge is 0.377 e. The number of hydrogen-bond donors (Lipinski definition) is 0. The van der Waals surface area contributed by atoms with E-state index in [0.717, 1.165) is 25.9 Å². The van der Waals surface area contributed by atoms with Crippen LogP contribution in [0, 0.1) is 0 Å². The Kier molecular flexibility index (Phi) is 6.66. The van der Waals surface area contributed by atoms with Crippen LogP contribution in [0.4, 0.5) is 5.69 Å². The molecule has 1 aromatic heterocycles. The number of rotatable bonds is 6. The first-order valence-corrected chi connectivity index (χ1v) is 13.7. The van der Waals surface area contributed by atoms with Gasteiger partial charge < -0.3 is 9.80 Å². The van der Waals surface area contributed by atoms with Gasteiger partial charge in [-0.1, -0.05) is 53.4 Å². The maximum atomic E-state index is 2.41. The van der Waals surface area contributed by atoms with E-state index in [9.17, 15) is 0 Å². The number of likely N-dealkylation sites (N-methyl/N-ethyl adjacent to an activating group) is 1. The first-order chi connectivity index (χ1) is 16.6. The zero-order valence-electron chi connectivity index (χ0n) is 20.4. The molecule has 5 heteroatoms. The summed E-state index contributed by atoms with van der Waals surface area (Å²) in [6, 6.07) is 17.4. The summed E-state index contributed by atoms with van der Waals surface area (Å²) in [6.07, 6.45) is 11.5. The molecule has 34 heavy (non-hydrogen) atoms. The number of fused-ring (bicyclic) bond motifs is 2. The summed E-state index contributed by atoms with van der Waals surface area (Å²) < 4.78 is 3.76. The van der Waals surface area contributed by atoms with Gasteiger partial charge in [-0.2, -0.15) is 4.57 Å². The molecule has 2 aliphatic rings. The molecule has 3 aromatic rings. The lowest BCUT2D eigenvalue weighted by Crippen LogP contribution is -2.33. The zero-order valence-corrected chi connectivity index (χ0v) is 22.0. The van der Waals surface area contributed by atoms with Crippen molar-refractivity contribution in [2.75, 3.05) is 25.5 Å². The molecule has 0 unspecified atom stereocenters. The Hall–Kier alpha value is -2.76. The molecular weight excluding hydrogens is 454 g/mol. The van der Waals surface area contributed by atoms with Gasteiger partial charge in [-0.25, -0.2) is 0 Å². The van der Waals surface area contributed by atoms with Crippen LogP contribution in [0.15, 0.2) is 93.5 Å². The minimum atomic E-state index is 0.982. The van der Waals surface area contributed by atoms with Gasteiger partial charge in [0.05, 0.1) is 10.7 Å². The summed E-state index contributed by atoms with van der Waals surface area (Å²) in [5.74, 6) is 0. The number of aryl methyl sites for hydroxylation is 1. The van der Waals surface area contributed by atoms with Gasteiger partial charge in [0.25, 0.3) is 5.01 Å². The molecule has 0 N–H and O–H groups in total. The van der Waals surface area contributed by atoms with Gasteiger partial charge in [0.1, 0.15) is 11.2 Å². The molecule has 174 valence electrons. The van der Waals surface area contributed by atoms with E-state index in [4.69, 9.17) is 0 Å². The molecule has 0 bridgehead atoms. The van der Waals surface area contributed by atoms with Crippen LogP contribution in [0.3, 0.4) is 0 Å². The zero-order chi connectivity index (χ0) is 23.7. The number of nitrogens with zero attached hydrogens (tertiary/aromatic N) is 3. The lowest BCUT2D eigenvalue weighted by Gasteiger charge is -2.19. The lowest BCUT2D eigenvalue weighted by atomic mass is 10.1. The topological polar surface area (TPSA) is 10.4 Å². The average Bonchev–Trinajstić information content (AvgIpc) is 3.53. The molecule has 0 saturated heterocycles. The molecular formula is C29H32N3S2+. The van der Waals surface area contributed by atoms with Gasteiger partial charge in [-0.15, -0.1) is 0 Å². The molecule has 5 rings (SSSR count). The Morgan fingerprint density at radius 3 is 2.56 bits per heavy atom. The summed E-state index contributed by atoms with van der Waals surface area (Å²) in [7, 11) is 4.33. The van der Waals surface area contributed by atoms with Crippen molar-refractivity contribution in [1.82, 2.24) is 4.90 Å². The highest BCUT2D eigenvalue weighted by Crippen LogP contribution is 2.46. The molecule has 0 amide bonds. The predicted octanol–water partition coefficient (Wildman–Crippen LogP) is 7.23. The molecule has 1 aliphatic heterocycles. The Balaban J connectivity index is 1.45. The second-order valence-electron chi connectivity index (χ2n) is 8.76. The molecule has 0 fully saturated rings. The fourth-order valence-corrected chi connectivity index (χ4v) is 7.22. The number of thiazole rings is 1. The van der Waals surface area contributed by atoms with Crippen LogP contribution >= 0.6 is 23.1 Å². The van der Waals surface area contributed by atoms with Crippen LogP contribution in [0.25, 0.3) is 16.3 Å². The fraction of sp³-hybridized carbons (Fsp3) is 0.276. The van der Waals surface area contributed by atoms with Gasteiger partial charge in [-0.05, 0) is 68.2 Å². The quantitative estimate of drug-likeness (QED) is 0.340. The van der Waals surface area contributed by atoms with E-state index in [1.807, 2.05) is 23.1 Å². The number of hydrogen-bond acceptors (Lipinski definition) is 4. The third-order valence-electron chi connectivity index (χ3n) is 6.48. The van der Waals surface area contributed by atoms with Gasteiger partial charge in [0.2, 0.25) is 5.52 Å². The van der Waals surface area contributed by atoms with Crippen LogP contribution < -0.4 is 9.47 Å². The third-order valence-corrected chi connectivity index (χ3v) is 8.74. The van der Waals surface area contributed by atoms with Crippen molar-refractivity contribution in [1.29, 1.82) is 0 Å². The van der Waals surface area contributed by atoms with Crippen LogP contribution in [0.2, 0.25) is 0 Å². The molecule has 0 atom stereocenters. The van der Waals surface area contributed by atoms with Crippen LogP contribution in [0.1, 0.15) is 31.7 Å². The van der Waals surface area contributed by atoms with Crippen molar-refractivity contribution in [3.05, 3.63) is 93.6 Å². The number of para-hydroxylation sites is 2. The molecule has 0 spiro atoms. The number of anilines is 1. The number of benzene rings is 2. The van der Waals surface area contributed by atoms with Gasteiger partial charge in [-0.3, -0.25) is 0 Å². The van der Waals surface area contributed by atoms with Gasteiger partial charge in [0.15, 0.2) is 0 Å².